The van der Waals surface area contributed by atoms with Crippen LogP contribution in [0.3, 0.4) is 0 Å². The molecule has 1 aliphatic heterocycles. The lowest BCUT2D eigenvalue weighted by Crippen LogP contribution is -2.31. The Morgan fingerprint density at radius 2 is 1.89 bits per heavy atom. The molecule has 27 heavy (non-hydrogen) atoms. The van der Waals surface area contributed by atoms with Gasteiger partial charge < -0.3 is 14.3 Å². The fourth-order valence-corrected chi connectivity index (χ4v) is 3.17. The first kappa shape index (κ1) is 18.8. The number of hydrogen-bond acceptors (Lipinski definition) is 5. The normalized spacial score (nSPS) is 17.1. The van der Waals surface area contributed by atoms with Crippen molar-refractivity contribution in [2.75, 3.05) is 11.5 Å². The van der Waals surface area contributed by atoms with Crippen molar-refractivity contribution in [3.8, 4) is 5.75 Å². The molecule has 1 aromatic carbocycles. The van der Waals surface area contributed by atoms with Gasteiger partial charge in [-0.05, 0) is 50.2 Å². The van der Waals surface area contributed by atoms with Crippen LogP contribution in [0.15, 0.2) is 52.1 Å². The number of furan rings is 1. The molecule has 6 nitrogen and oxygen atoms in total. The molecule has 6 heteroatoms. The number of aliphatic hydroxyl groups is 1. The predicted octanol–water partition coefficient (Wildman–Crippen LogP) is 4.11. The maximum absolute atomic E-state index is 12.8. The number of ether oxygens (including phenoxy) is 1. The molecule has 1 N–H and O–H groups in total. The largest absolute Gasteiger partial charge is 0.503 e. The number of anilines is 1. The molecular formula is C21H23NO5. The number of amides is 1. The minimum absolute atomic E-state index is 0.0678. The fourth-order valence-electron chi connectivity index (χ4n) is 3.17. The van der Waals surface area contributed by atoms with Crippen molar-refractivity contribution in [2.24, 2.45) is 5.92 Å². The number of hydrogen-bond donors (Lipinski definition) is 1. The molecule has 142 valence electrons. The highest BCUT2D eigenvalue weighted by atomic mass is 16.5. The average molecular weight is 369 g/mol. The van der Waals surface area contributed by atoms with Gasteiger partial charge in [-0.25, -0.2) is 0 Å². The number of rotatable bonds is 6. The van der Waals surface area contributed by atoms with Gasteiger partial charge in [-0.2, -0.15) is 0 Å². The van der Waals surface area contributed by atoms with Gasteiger partial charge in [0.25, 0.3) is 5.91 Å². The summed E-state index contributed by atoms with van der Waals surface area (Å²) < 4.78 is 11.2. The number of aliphatic hydroxyl groups excluding tert-OH is 1. The molecule has 0 saturated heterocycles. The summed E-state index contributed by atoms with van der Waals surface area (Å²) in [4.78, 5) is 27.0. The van der Waals surface area contributed by atoms with Crippen LogP contribution in [0.4, 0.5) is 5.69 Å². The Bertz CT molecular complexity index is 892. The first-order chi connectivity index (χ1) is 12.8. The molecule has 0 spiro atoms. The van der Waals surface area contributed by atoms with Gasteiger partial charge in [-0.3, -0.25) is 14.5 Å². The maximum atomic E-state index is 12.8. The molecule has 1 unspecified atom stereocenters. The van der Waals surface area contributed by atoms with Gasteiger partial charge in [0.15, 0.2) is 11.5 Å². The second-order valence-corrected chi connectivity index (χ2v) is 6.73. The van der Waals surface area contributed by atoms with E-state index in [0.717, 1.165) is 0 Å². The molecule has 3 rings (SSSR count). The van der Waals surface area contributed by atoms with Crippen LogP contribution >= 0.6 is 0 Å². The standard InChI is InChI=1S/C21H23NO5/c1-5-26-15-9-7-14(8-10-15)22-18(16-11-6-13(4)27-16)17(19(23)12(2)3)20(24)21(22)25/h6-12,18,24H,5H2,1-4H3. The van der Waals surface area contributed by atoms with E-state index >= 15 is 0 Å². The average Bonchev–Trinajstić information content (AvgIpc) is 3.17. The lowest BCUT2D eigenvalue weighted by Gasteiger charge is -2.25. The van der Waals surface area contributed by atoms with E-state index in [0.29, 0.717) is 29.6 Å². The summed E-state index contributed by atoms with van der Waals surface area (Å²) in [6.07, 6.45) is 0. The molecule has 2 aromatic rings. The summed E-state index contributed by atoms with van der Waals surface area (Å²) in [6.45, 7) is 7.67. The molecule has 0 saturated carbocycles. The summed E-state index contributed by atoms with van der Waals surface area (Å²) >= 11 is 0. The summed E-state index contributed by atoms with van der Waals surface area (Å²) in [5.74, 6) is -0.0328. The van der Waals surface area contributed by atoms with Crippen LogP contribution in [-0.2, 0) is 9.59 Å². The molecule has 0 aliphatic carbocycles. The molecular weight excluding hydrogens is 346 g/mol. The third-order valence-electron chi connectivity index (χ3n) is 4.45. The van der Waals surface area contributed by atoms with Gasteiger partial charge in [-0.1, -0.05) is 13.8 Å². The Morgan fingerprint density at radius 1 is 1.22 bits per heavy atom. The summed E-state index contributed by atoms with van der Waals surface area (Å²) in [5.41, 5.74) is 0.610. The lowest BCUT2D eigenvalue weighted by molar-refractivity contribution is -0.119. The fraction of sp³-hybridized carbons (Fsp3) is 0.333. The molecule has 1 amide bonds. The zero-order valence-corrected chi connectivity index (χ0v) is 15.9. The van der Waals surface area contributed by atoms with E-state index in [1.54, 1.807) is 57.2 Å². The molecule has 0 bridgehead atoms. The highest BCUT2D eigenvalue weighted by Gasteiger charge is 2.46. The molecule has 0 fully saturated rings. The van der Waals surface area contributed by atoms with Crippen molar-refractivity contribution in [3.63, 3.8) is 0 Å². The van der Waals surface area contributed by atoms with Crippen LogP contribution in [0.25, 0.3) is 0 Å². The summed E-state index contributed by atoms with van der Waals surface area (Å²) in [7, 11) is 0. The van der Waals surface area contributed by atoms with Crippen molar-refractivity contribution < 1.29 is 23.8 Å². The van der Waals surface area contributed by atoms with Gasteiger partial charge in [0.1, 0.15) is 23.3 Å². The number of carbonyl (C=O) groups is 2. The van der Waals surface area contributed by atoms with Crippen LogP contribution in [0.5, 0.6) is 5.75 Å². The van der Waals surface area contributed by atoms with Crippen molar-refractivity contribution in [1.82, 2.24) is 0 Å². The topological polar surface area (TPSA) is 80.0 Å². The molecule has 2 heterocycles. The van der Waals surface area contributed by atoms with Crippen LogP contribution < -0.4 is 9.64 Å². The summed E-state index contributed by atoms with van der Waals surface area (Å²) in [6, 6.07) is 9.62. The Kier molecular flexibility index (Phi) is 5.08. The molecule has 1 atom stereocenters. The maximum Gasteiger partial charge on any atom is 0.294 e. The highest BCUT2D eigenvalue weighted by Crippen LogP contribution is 2.42. The minimum atomic E-state index is -0.806. The van der Waals surface area contributed by atoms with Gasteiger partial charge in [0.05, 0.1) is 12.2 Å². The van der Waals surface area contributed by atoms with E-state index in [-0.39, 0.29) is 17.3 Å². The van der Waals surface area contributed by atoms with Crippen LogP contribution in [0, 0.1) is 12.8 Å². The van der Waals surface area contributed by atoms with Crippen LogP contribution in [0.2, 0.25) is 0 Å². The Hall–Kier alpha value is -3.02. The third kappa shape index (κ3) is 3.35. The van der Waals surface area contributed by atoms with E-state index in [4.69, 9.17) is 9.15 Å². The van der Waals surface area contributed by atoms with Gasteiger partial charge in [0.2, 0.25) is 0 Å². The minimum Gasteiger partial charge on any atom is -0.503 e. The van der Waals surface area contributed by atoms with Gasteiger partial charge in [0, 0.05) is 11.6 Å². The highest BCUT2D eigenvalue weighted by molar-refractivity contribution is 6.16. The quantitative estimate of drug-likeness (QED) is 0.829. The van der Waals surface area contributed by atoms with Crippen molar-refractivity contribution in [3.05, 3.63) is 59.3 Å². The number of ketones is 1. The smallest absolute Gasteiger partial charge is 0.294 e. The SMILES string of the molecule is CCOc1ccc(N2C(=O)C(O)=C(C(=O)C(C)C)C2c2ccc(C)o2)cc1. The molecule has 0 radical (unpaired) electrons. The van der Waals surface area contributed by atoms with Gasteiger partial charge >= 0.3 is 0 Å². The van der Waals surface area contributed by atoms with Crippen LogP contribution in [0.1, 0.15) is 38.3 Å². The Balaban J connectivity index is 2.09. The first-order valence-electron chi connectivity index (χ1n) is 8.95. The second kappa shape index (κ2) is 7.31. The van der Waals surface area contributed by atoms with E-state index in [9.17, 15) is 14.7 Å². The predicted molar refractivity (Wildman–Crippen MR) is 101 cm³/mol. The number of nitrogens with zero attached hydrogens (tertiary/aromatic N) is 1. The molecule has 1 aliphatic rings. The number of benzene rings is 1. The van der Waals surface area contributed by atoms with Crippen molar-refractivity contribution in [1.29, 1.82) is 0 Å². The Morgan fingerprint density at radius 3 is 2.41 bits per heavy atom. The molecule has 1 aromatic heterocycles. The van der Waals surface area contributed by atoms with Gasteiger partial charge in [-0.15, -0.1) is 0 Å². The monoisotopic (exact) mass is 369 g/mol. The zero-order valence-electron chi connectivity index (χ0n) is 15.9. The zero-order chi connectivity index (χ0) is 19.7. The number of aryl methyl sites for hydroxylation is 1. The Labute approximate surface area is 158 Å². The van der Waals surface area contributed by atoms with E-state index in [1.807, 2.05) is 6.92 Å². The first-order valence-corrected chi connectivity index (χ1v) is 8.95. The van der Waals surface area contributed by atoms with E-state index < -0.39 is 17.7 Å². The second-order valence-electron chi connectivity index (χ2n) is 6.73. The number of Topliss-reactive ketones (excluding diaryl/α,β-unsaturated/α-hetero) is 1. The number of carbonyl (C=O) groups excluding carboxylic acids is 2. The van der Waals surface area contributed by atoms with E-state index in [1.165, 1.54) is 4.90 Å². The summed E-state index contributed by atoms with van der Waals surface area (Å²) in [5, 5.41) is 10.5. The lowest BCUT2D eigenvalue weighted by atomic mass is 9.94. The van der Waals surface area contributed by atoms with Crippen LogP contribution in [-0.4, -0.2) is 23.4 Å². The third-order valence-corrected chi connectivity index (χ3v) is 4.45. The van der Waals surface area contributed by atoms with Crippen molar-refractivity contribution in [2.45, 2.75) is 33.7 Å². The van der Waals surface area contributed by atoms with Crippen molar-refractivity contribution >= 4 is 17.4 Å². The van der Waals surface area contributed by atoms with E-state index in [2.05, 4.69) is 0 Å².